The predicted molar refractivity (Wildman–Crippen MR) is 94.9 cm³/mol. The molecule has 1 aliphatic carbocycles. The minimum Gasteiger partial charge on any atom is -0.351 e. The molecule has 4 nitrogen and oxygen atoms in total. The average Bonchev–Trinajstić information content (AvgIpc) is 2.96. The number of hydrogen-bond acceptors (Lipinski definition) is 3. The summed E-state index contributed by atoms with van der Waals surface area (Å²) in [7, 11) is 1.88. The van der Waals surface area contributed by atoms with Crippen LogP contribution in [0.1, 0.15) is 35.6 Å². The summed E-state index contributed by atoms with van der Waals surface area (Å²) >= 11 is 1.75. The van der Waals surface area contributed by atoms with E-state index in [0.717, 1.165) is 24.1 Å². The molecule has 1 saturated heterocycles. The van der Waals surface area contributed by atoms with Gasteiger partial charge in [-0.25, -0.2) is 4.98 Å². The summed E-state index contributed by atoms with van der Waals surface area (Å²) in [6.07, 6.45) is 7.54. The van der Waals surface area contributed by atoms with Gasteiger partial charge in [-0.15, -0.1) is 35.3 Å². The maximum absolute atomic E-state index is 4.43. The smallest absolute Gasteiger partial charge is 0.193 e. The van der Waals surface area contributed by atoms with Gasteiger partial charge in [0.25, 0.3) is 0 Å². The van der Waals surface area contributed by atoms with Crippen molar-refractivity contribution in [3.63, 3.8) is 0 Å². The lowest BCUT2D eigenvalue weighted by Crippen LogP contribution is -2.42. The van der Waals surface area contributed by atoms with Crippen LogP contribution >= 0.6 is 35.3 Å². The maximum Gasteiger partial charge on any atom is 0.193 e. The zero-order chi connectivity index (χ0) is 13.3. The highest BCUT2D eigenvalue weighted by Crippen LogP contribution is 2.47. The minimum atomic E-state index is 0. The number of guanidine groups is 1. The first kappa shape index (κ1) is 16.0. The largest absolute Gasteiger partial charge is 0.351 e. The van der Waals surface area contributed by atoms with Crippen molar-refractivity contribution in [2.45, 2.75) is 39.2 Å². The number of thiazole rings is 1. The Kier molecular flexibility index (Phi) is 5.28. The van der Waals surface area contributed by atoms with Gasteiger partial charge in [0.2, 0.25) is 0 Å². The topological polar surface area (TPSA) is 40.5 Å². The van der Waals surface area contributed by atoms with Crippen LogP contribution in [0.2, 0.25) is 0 Å². The van der Waals surface area contributed by atoms with E-state index in [-0.39, 0.29) is 24.0 Å². The molecule has 1 saturated carbocycles. The summed E-state index contributed by atoms with van der Waals surface area (Å²) in [4.78, 5) is 12.4. The highest BCUT2D eigenvalue weighted by Gasteiger charge is 2.43. The molecule has 1 aliphatic heterocycles. The van der Waals surface area contributed by atoms with Crippen LogP contribution in [0.3, 0.4) is 0 Å². The van der Waals surface area contributed by atoms with Crippen molar-refractivity contribution < 1.29 is 0 Å². The molecule has 6 heteroatoms. The molecule has 0 bridgehead atoms. The van der Waals surface area contributed by atoms with Crippen LogP contribution in [0.5, 0.6) is 0 Å². The van der Waals surface area contributed by atoms with Crippen LogP contribution in [0.25, 0.3) is 0 Å². The van der Waals surface area contributed by atoms with Crippen molar-refractivity contribution >= 4 is 41.3 Å². The number of likely N-dealkylation sites (tertiary alicyclic amines) is 1. The molecule has 0 atom stereocenters. The van der Waals surface area contributed by atoms with Crippen LogP contribution in [0.15, 0.2) is 11.2 Å². The minimum absolute atomic E-state index is 0. The Morgan fingerprint density at radius 2 is 2.30 bits per heavy atom. The Morgan fingerprint density at radius 1 is 1.50 bits per heavy atom. The van der Waals surface area contributed by atoms with E-state index in [4.69, 9.17) is 0 Å². The standard InChI is InChI=1S/C14H22N4S.HI/c1-11-16-8-12(19-11)9-17-13(15-2)18-7-6-14(10-18)4-3-5-14;/h8H,3-7,9-10H2,1-2H3,(H,15,17);1H. The van der Waals surface area contributed by atoms with E-state index in [9.17, 15) is 0 Å². The quantitative estimate of drug-likeness (QED) is 0.467. The fourth-order valence-corrected chi connectivity index (χ4v) is 3.92. The fraction of sp³-hybridized carbons (Fsp3) is 0.714. The monoisotopic (exact) mass is 406 g/mol. The average molecular weight is 406 g/mol. The Morgan fingerprint density at radius 3 is 2.80 bits per heavy atom. The van der Waals surface area contributed by atoms with Crippen molar-refractivity contribution in [3.05, 3.63) is 16.1 Å². The summed E-state index contributed by atoms with van der Waals surface area (Å²) in [6, 6.07) is 0. The predicted octanol–water partition coefficient (Wildman–Crippen LogP) is 3.02. The molecule has 0 aromatic carbocycles. The highest BCUT2D eigenvalue weighted by molar-refractivity contribution is 14.0. The van der Waals surface area contributed by atoms with Crippen molar-refractivity contribution in [2.24, 2.45) is 10.4 Å². The molecule has 0 amide bonds. The van der Waals surface area contributed by atoms with Gasteiger partial charge >= 0.3 is 0 Å². The summed E-state index contributed by atoms with van der Waals surface area (Å²) in [5, 5.41) is 4.60. The number of nitrogens with zero attached hydrogens (tertiary/aromatic N) is 3. The molecule has 1 aromatic heterocycles. The number of halogens is 1. The zero-order valence-corrected chi connectivity index (χ0v) is 15.3. The van der Waals surface area contributed by atoms with Gasteiger partial charge in [0.05, 0.1) is 11.6 Å². The fourth-order valence-electron chi connectivity index (χ4n) is 3.19. The second-order valence-corrected chi connectivity index (χ2v) is 7.09. The second-order valence-electron chi connectivity index (χ2n) is 5.77. The van der Waals surface area contributed by atoms with E-state index >= 15 is 0 Å². The summed E-state index contributed by atoms with van der Waals surface area (Å²) < 4.78 is 0. The van der Waals surface area contributed by atoms with E-state index < -0.39 is 0 Å². The normalized spacial score (nSPS) is 20.7. The number of aliphatic imine (C=N–C) groups is 1. The van der Waals surface area contributed by atoms with Gasteiger partial charge in [0, 0.05) is 31.2 Å². The summed E-state index contributed by atoms with van der Waals surface area (Å²) in [5.74, 6) is 1.05. The number of aromatic nitrogens is 1. The molecule has 0 unspecified atom stereocenters. The molecular formula is C14H23IN4S. The van der Waals surface area contributed by atoms with Gasteiger partial charge in [-0.05, 0) is 31.6 Å². The SMILES string of the molecule is CN=C(NCc1cnc(C)s1)N1CCC2(CCC2)C1.I. The molecule has 2 aliphatic rings. The van der Waals surface area contributed by atoms with E-state index in [2.05, 4.69) is 20.2 Å². The third-order valence-electron chi connectivity index (χ3n) is 4.45. The Labute approximate surface area is 142 Å². The number of aryl methyl sites for hydroxylation is 1. The molecule has 0 radical (unpaired) electrons. The molecule has 112 valence electrons. The van der Waals surface area contributed by atoms with Crippen LogP contribution in [-0.2, 0) is 6.54 Å². The molecule has 1 aromatic rings. The summed E-state index contributed by atoms with van der Waals surface area (Å²) in [6.45, 7) is 5.22. The molecule has 2 fully saturated rings. The maximum atomic E-state index is 4.43. The Hall–Kier alpha value is -0.370. The second kappa shape index (κ2) is 6.60. The number of rotatable bonds is 2. The molecule has 20 heavy (non-hydrogen) atoms. The van der Waals surface area contributed by atoms with Crippen LogP contribution in [-0.4, -0.2) is 36.0 Å². The lowest BCUT2D eigenvalue weighted by Gasteiger charge is -2.38. The lowest BCUT2D eigenvalue weighted by molar-refractivity contribution is 0.151. The van der Waals surface area contributed by atoms with E-state index in [1.165, 1.54) is 37.1 Å². The first-order chi connectivity index (χ1) is 9.21. The van der Waals surface area contributed by atoms with Crippen LogP contribution < -0.4 is 5.32 Å². The first-order valence-electron chi connectivity index (χ1n) is 7.08. The van der Waals surface area contributed by atoms with Gasteiger partial charge in [-0.2, -0.15) is 0 Å². The molecule has 1 spiro atoms. The third-order valence-corrected chi connectivity index (χ3v) is 5.37. The van der Waals surface area contributed by atoms with E-state index in [1.54, 1.807) is 11.3 Å². The van der Waals surface area contributed by atoms with Gasteiger partial charge < -0.3 is 10.2 Å². The van der Waals surface area contributed by atoms with Crippen molar-refractivity contribution in [3.8, 4) is 0 Å². The van der Waals surface area contributed by atoms with Gasteiger partial charge in [-0.1, -0.05) is 6.42 Å². The van der Waals surface area contributed by atoms with Crippen molar-refractivity contribution in [1.82, 2.24) is 15.2 Å². The van der Waals surface area contributed by atoms with Crippen molar-refractivity contribution in [2.75, 3.05) is 20.1 Å². The Bertz CT molecular complexity index is 481. The van der Waals surface area contributed by atoms with Gasteiger partial charge in [0.15, 0.2) is 5.96 Å². The van der Waals surface area contributed by atoms with Crippen LogP contribution in [0, 0.1) is 12.3 Å². The van der Waals surface area contributed by atoms with Crippen molar-refractivity contribution in [1.29, 1.82) is 0 Å². The number of hydrogen-bond donors (Lipinski definition) is 1. The molecule has 1 N–H and O–H groups in total. The molecule has 3 rings (SSSR count). The zero-order valence-electron chi connectivity index (χ0n) is 12.2. The van der Waals surface area contributed by atoms with Gasteiger partial charge in [0.1, 0.15) is 0 Å². The third kappa shape index (κ3) is 3.27. The van der Waals surface area contributed by atoms with Gasteiger partial charge in [-0.3, -0.25) is 4.99 Å². The highest BCUT2D eigenvalue weighted by atomic mass is 127. The number of nitrogens with one attached hydrogen (secondary N) is 1. The molecular weight excluding hydrogens is 383 g/mol. The lowest BCUT2D eigenvalue weighted by atomic mass is 9.68. The van der Waals surface area contributed by atoms with E-state index in [1.807, 2.05) is 20.2 Å². The van der Waals surface area contributed by atoms with Crippen LogP contribution in [0.4, 0.5) is 0 Å². The summed E-state index contributed by atoms with van der Waals surface area (Å²) in [5.41, 5.74) is 0.624. The molecule has 2 heterocycles. The first-order valence-corrected chi connectivity index (χ1v) is 7.89. The van der Waals surface area contributed by atoms with E-state index in [0.29, 0.717) is 5.41 Å². The Balaban J connectivity index is 0.00000147.